The number of hydrogen-bond donors (Lipinski definition) is 1. The van der Waals surface area contributed by atoms with E-state index in [1.807, 2.05) is 0 Å². The number of ether oxygens (including phenoxy) is 2. The van der Waals surface area contributed by atoms with Crippen molar-refractivity contribution in [1.29, 1.82) is 0 Å². The normalized spacial score (nSPS) is 11.1. The fourth-order valence-electron chi connectivity index (χ4n) is 2.57. The second-order valence-corrected chi connectivity index (χ2v) is 6.51. The van der Waals surface area contributed by atoms with E-state index in [-0.39, 0.29) is 29.5 Å². The molecule has 0 spiro atoms. The molecule has 0 aliphatic carbocycles. The van der Waals surface area contributed by atoms with E-state index in [4.69, 9.17) is 9.47 Å². The van der Waals surface area contributed by atoms with Gasteiger partial charge in [-0.2, -0.15) is 13.2 Å². The van der Waals surface area contributed by atoms with Crippen LogP contribution in [0.3, 0.4) is 0 Å². The minimum absolute atomic E-state index is 0.00165. The van der Waals surface area contributed by atoms with Gasteiger partial charge >= 0.3 is 6.18 Å². The maximum Gasteiger partial charge on any atom is 0.416 e. The highest BCUT2D eigenvalue weighted by molar-refractivity contribution is 5.96. The number of methoxy groups -OCH3 is 1. The lowest BCUT2D eigenvalue weighted by Crippen LogP contribution is -2.38. The van der Waals surface area contributed by atoms with E-state index in [1.54, 1.807) is 13.2 Å². The van der Waals surface area contributed by atoms with Crippen LogP contribution in [-0.4, -0.2) is 50.6 Å². The molecule has 0 unspecified atom stereocenters. The molecule has 0 aromatic heterocycles. The first-order chi connectivity index (χ1) is 14.2. The van der Waals surface area contributed by atoms with Gasteiger partial charge in [0.2, 0.25) is 5.91 Å². The summed E-state index contributed by atoms with van der Waals surface area (Å²) in [4.78, 5) is 25.7. The van der Waals surface area contributed by atoms with Crippen LogP contribution in [0.4, 0.5) is 13.2 Å². The van der Waals surface area contributed by atoms with Gasteiger partial charge in [0.05, 0.1) is 12.1 Å². The molecule has 0 bridgehead atoms. The van der Waals surface area contributed by atoms with Gasteiger partial charge in [-0.1, -0.05) is 12.1 Å². The Bertz CT molecular complexity index is 871. The molecular formula is C21H23F3N2O4. The third kappa shape index (κ3) is 7.07. The molecular weight excluding hydrogens is 401 g/mol. The van der Waals surface area contributed by atoms with E-state index in [2.05, 4.69) is 5.32 Å². The number of benzene rings is 2. The van der Waals surface area contributed by atoms with Crippen LogP contribution < -0.4 is 10.1 Å². The fourth-order valence-corrected chi connectivity index (χ4v) is 2.57. The highest BCUT2D eigenvalue weighted by Gasteiger charge is 2.30. The van der Waals surface area contributed by atoms with E-state index in [0.717, 1.165) is 12.1 Å². The Morgan fingerprint density at radius 1 is 1.07 bits per heavy atom. The number of nitrogens with one attached hydrogen (secondary N) is 1. The topological polar surface area (TPSA) is 67.9 Å². The average Bonchev–Trinajstić information content (AvgIpc) is 2.70. The van der Waals surface area contributed by atoms with Crippen molar-refractivity contribution in [2.24, 2.45) is 0 Å². The molecule has 162 valence electrons. The molecule has 2 aromatic carbocycles. The van der Waals surface area contributed by atoms with Crippen molar-refractivity contribution in [3.8, 4) is 11.5 Å². The molecule has 1 N–H and O–H groups in total. The zero-order chi connectivity index (χ0) is 22.1. The van der Waals surface area contributed by atoms with Crippen LogP contribution in [0.15, 0.2) is 48.5 Å². The van der Waals surface area contributed by atoms with Crippen LogP contribution in [0.25, 0.3) is 0 Å². The van der Waals surface area contributed by atoms with Crippen LogP contribution in [0.5, 0.6) is 11.5 Å². The third-order valence-corrected chi connectivity index (χ3v) is 4.05. The van der Waals surface area contributed by atoms with Crippen molar-refractivity contribution in [2.75, 3.05) is 33.9 Å². The van der Waals surface area contributed by atoms with Gasteiger partial charge in [0.25, 0.3) is 5.91 Å². The molecule has 0 radical (unpaired) electrons. The monoisotopic (exact) mass is 424 g/mol. The number of amides is 2. The summed E-state index contributed by atoms with van der Waals surface area (Å²) >= 11 is 0. The number of carbonyl (C=O) groups is 2. The van der Waals surface area contributed by atoms with Gasteiger partial charge in [-0.15, -0.1) is 0 Å². The second-order valence-electron chi connectivity index (χ2n) is 6.51. The zero-order valence-electron chi connectivity index (χ0n) is 16.7. The average molecular weight is 424 g/mol. The van der Waals surface area contributed by atoms with E-state index < -0.39 is 17.6 Å². The number of alkyl halides is 3. The van der Waals surface area contributed by atoms with Gasteiger partial charge in [0.15, 0.2) is 0 Å². The standard InChI is InChI=1S/C21H23F3N2O4/c1-26(14-19(27)25-10-5-11-29-2)20(28)15-6-3-8-17(12-15)30-18-9-4-7-16(13-18)21(22,23)24/h3-4,6-9,12-13H,5,10-11,14H2,1-2H3,(H,25,27). The largest absolute Gasteiger partial charge is 0.457 e. The number of nitrogens with zero attached hydrogens (tertiary/aromatic N) is 1. The Balaban J connectivity index is 2.00. The highest BCUT2D eigenvalue weighted by Crippen LogP contribution is 2.32. The Kier molecular flexibility index (Phi) is 8.23. The van der Waals surface area contributed by atoms with Crippen LogP contribution >= 0.6 is 0 Å². The van der Waals surface area contributed by atoms with Crippen molar-refractivity contribution < 1.29 is 32.2 Å². The molecule has 0 heterocycles. The quantitative estimate of drug-likeness (QED) is 0.623. The predicted octanol–water partition coefficient (Wildman–Crippen LogP) is 3.72. The molecule has 0 saturated carbocycles. The van der Waals surface area contributed by atoms with E-state index in [9.17, 15) is 22.8 Å². The summed E-state index contributed by atoms with van der Waals surface area (Å²) in [5.41, 5.74) is -0.586. The maximum atomic E-state index is 12.8. The van der Waals surface area contributed by atoms with Crippen molar-refractivity contribution >= 4 is 11.8 Å². The second kappa shape index (κ2) is 10.6. The summed E-state index contributed by atoms with van der Waals surface area (Å²) in [7, 11) is 3.05. The first-order valence-corrected chi connectivity index (χ1v) is 9.17. The Labute approximate surface area is 172 Å². The molecule has 2 aromatic rings. The Morgan fingerprint density at radius 2 is 1.73 bits per heavy atom. The first kappa shape index (κ1) is 23.2. The van der Waals surface area contributed by atoms with E-state index in [1.165, 1.54) is 42.3 Å². The first-order valence-electron chi connectivity index (χ1n) is 9.17. The lowest BCUT2D eigenvalue weighted by atomic mass is 10.2. The zero-order valence-corrected chi connectivity index (χ0v) is 16.7. The minimum atomic E-state index is -4.48. The summed E-state index contributed by atoms with van der Waals surface area (Å²) in [5, 5.41) is 2.69. The highest BCUT2D eigenvalue weighted by atomic mass is 19.4. The number of halogens is 3. The molecule has 0 saturated heterocycles. The smallest absolute Gasteiger partial charge is 0.416 e. The van der Waals surface area contributed by atoms with Gasteiger partial charge in [0, 0.05) is 32.9 Å². The molecule has 2 amide bonds. The number of hydrogen-bond acceptors (Lipinski definition) is 4. The molecule has 0 aliphatic heterocycles. The van der Waals surface area contributed by atoms with Crippen molar-refractivity contribution in [3.63, 3.8) is 0 Å². The molecule has 0 atom stereocenters. The van der Waals surface area contributed by atoms with Gasteiger partial charge in [0.1, 0.15) is 11.5 Å². The van der Waals surface area contributed by atoms with Crippen LogP contribution in [0.2, 0.25) is 0 Å². The number of likely N-dealkylation sites (N-methyl/N-ethyl adjacent to an activating group) is 1. The van der Waals surface area contributed by atoms with Crippen molar-refractivity contribution in [1.82, 2.24) is 10.2 Å². The predicted molar refractivity (Wildman–Crippen MR) is 104 cm³/mol. The molecule has 0 fully saturated rings. The van der Waals surface area contributed by atoms with Gasteiger partial charge in [-0.25, -0.2) is 0 Å². The number of rotatable bonds is 9. The fraction of sp³-hybridized carbons (Fsp3) is 0.333. The molecule has 30 heavy (non-hydrogen) atoms. The molecule has 6 nitrogen and oxygen atoms in total. The molecule has 2 rings (SSSR count). The van der Waals surface area contributed by atoms with Crippen LogP contribution in [0.1, 0.15) is 22.3 Å². The summed E-state index contributed by atoms with van der Waals surface area (Å²) in [6, 6.07) is 10.5. The molecule has 9 heteroatoms. The summed E-state index contributed by atoms with van der Waals surface area (Å²) in [6.45, 7) is 0.827. The van der Waals surface area contributed by atoms with Crippen molar-refractivity contribution in [2.45, 2.75) is 12.6 Å². The lowest BCUT2D eigenvalue weighted by molar-refractivity contribution is -0.137. The van der Waals surface area contributed by atoms with Crippen LogP contribution in [-0.2, 0) is 15.7 Å². The minimum Gasteiger partial charge on any atom is -0.457 e. The van der Waals surface area contributed by atoms with Crippen LogP contribution in [0, 0.1) is 0 Å². The van der Waals surface area contributed by atoms with E-state index in [0.29, 0.717) is 19.6 Å². The van der Waals surface area contributed by atoms with Gasteiger partial charge < -0.3 is 19.7 Å². The summed E-state index contributed by atoms with van der Waals surface area (Å²) in [6.07, 6.45) is -3.82. The van der Waals surface area contributed by atoms with E-state index >= 15 is 0 Å². The number of carbonyl (C=O) groups excluding carboxylic acids is 2. The third-order valence-electron chi connectivity index (χ3n) is 4.05. The Morgan fingerprint density at radius 3 is 2.40 bits per heavy atom. The summed E-state index contributed by atoms with van der Waals surface area (Å²) in [5.74, 6) is -0.523. The van der Waals surface area contributed by atoms with Gasteiger partial charge in [-0.3, -0.25) is 9.59 Å². The lowest BCUT2D eigenvalue weighted by Gasteiger charge is -2.17. The van der Waals surface area contributed by atoms with Crippen molar-refractivity contribution in [3.05, 3.63) is 59.7 Å². The maximum absolute atomic E-state index is 12.8. The SMILES string of the molecule is COCCCNC(=O)CN(C)C(=O)c1cccc(Oc2cccc(C(F)(F)F)c2)c1. The van der Waals surface area contributed by atoms with Gasteiger partial charge in [-0.05, 0) is 42.8 Å². The Hall–Kier alpha value is -3.07. The molecule has 0 aliphatic rings. The summed E-state index contributed by atoms with van der Waals surface area (Å²) < 4.78 is 48.9.